The van der Waals surface area contributed by atoms with Gasteiger partial charge in [0.2, 0.25) is 0 Å². The molecule has 0 bridgehead atoms. The zero-order valence-electron chi connectivity index (χ0n) is 11.0. The Labute approximate surface area is 116 Å². The second-order valence-electron chi connectivity index (χ2n) is 4.38. The molecule has 2 N–H and O–H groups in total. The van der Waals surface area contributed by atoms with E-state index in [9.17, 15) is 12.8 Å². The van der Waals surface area contributed by atoms with E-state index in [1.807, 2.05) is 0 Å². The fourth-order valence-corrected chi connectivity index (χ4v) is 3.05. The maximum absolute atomic E-state index is 13.6. The highest BCUT2D eigenvalue weighted by Crippen LogP contribution is 2.24. The van der Waals surface area contributed by atoms with E-state index in [-0.39, 0.29) is 22.1 Å². The Bertz CT molecular complexity index is 737. The van der Waals surface area contributed by atoms with Crippen LogP contribution in [0.4, 0.5) is 10.1 Å². The number of rotatable bonds is 4. The number of anilines is 1. The number of sulfonamides is 1. The molecule has 1 heterocycles. The smallest absolute Gasteiger partial charge is 0.265 e. The lowest BCUT2D eigenvalue weighted by Crippen LogP contribution is -2.14. The number of aliphatic hydroxyl groups is 1. The molecule has 108 valence electrons. The van der Waals surface area contributed by atoms with E-state index in [1.165, 1.54) is 25.1 Å². The fraction of sp³-hybridized carbons (Fsp3) is 0.231. The second-order valence-corrected chi connectivity index (χ2v) is 6.03. The third-order valence-corrected chi connectivity index (χ3v) is 4.21. The van der Waals surface area contributed by atoms with Crippen LogP contribution in [0.5, 0.6) is 0 Å². The first kappa shape index (κ1) is 14.5. The van der Waals surface area contributed by atoms with Gasteiger partial charge in [-0.1, -0.05) is 6.07 Å². The normalized spacial score (nSPS) is 11.6. The minimum Gasteiger partial charge on any atom is -0.462 e. The molecule has 0 fully saturated rings. The third kappa shape index (κ3) is 2.83. The lowest BCUT2D eigenvalue weighted by atomic mass is 10.2. The molecule has 0 amide bonds. The van der Waals surface area contributed by atoms with Crippen molar-refractivity contribution in [3.8, 4) is 0 Å². The molecular weight excluding hydrogens is 285 g/mol. The van der Waals surface area contributed by atoms with Crippen molar-refractivity contribution in [3.63, 3.8) is 0 Å². The topological polar surface area (TPSA) is 79.5 Å². The van der Waals surface area contributed by atoms with Gasteiger partial charge in [0.25, 0.3) is 10.0 Å². The second kappa shape index (κ2) is 5.26. The Hall–Kier alpha value is -1.86. The van der Waals surface area contributed by atoms with Gasteiger partial charge in [0.1, 0.15) is 28.8 Å². The van der Waals surface area contributed by atoms with Gasteiger partial charge < -0.3 is 9.52 Å². The van der Waals surface area contributed by atoms with Gasteiger partial charge in [-0.2, -0.15) is 0 Å². The van der Waals surface area contributed by atoms with Crippen LogP contribution in [-0.2, 0) is 16.6 Å². The summed E-state index contributed by atoms with van der Waals surface area (Å²) in [5.41, 5.74) is 0.597. The van der Waals surface area contributed by atoms with Crippen LogP contribution in [0.1, 0.15) is 17.1 Å². The summed E-state index contributed by atoms with van der Waals surface area (Å²) in [4.78, 5) is -0.123. The van der Waals surface area contributed by atoms with E-state index in [2.05, 4.69) is 4.72 Å². The van der Waals surface area contributed by atoms with Crippen molar-refractivity contribution < 1.29 is 22.3 Å². The quantitative estimate of drug-likeness (QED) is 0.908. The van der Waals surface area contributed by atoms with E-state index in [1.54, 1.807) is 13.0 Å². The van der Waals surface area contributed by atoms with Crippen molar-refractivity contribution in [2.45, 2.75) is 25.3 Å². The number of hydrogen-bond acceptors (Lipinski definition) is 4. The van der Waals surface area contributed by atoms with Crippen molar-refractivity contribution in [1.82, 2.24) is 0 Å². The highest BCUT2D eigenvalue weighted by atomic mass is 32.2. The molecule has 0 unspecified atom stereocenters. The zero-order valence-corrected chi connectivity index (χ0v) is 11.8. The largest absolute Gasteiger partial charge is 0.462 e. The van der Waals surface area contributed by atoms with E-state index in [0.717, 1.165) is 5.56 Å². The number of aryl methyl sites for hydroxylation is 2. The predicted molar refractivity (Wildman–Crippen MR) is 71.3 cm³/mol. The summed E-state index contributed by atoms with van der Waals surface area (Å²) in [7, 11) is -3.97. The van der Waals surface area contributed by atoms with Gasteiger partial charge in [-0.3, -0.25) is 4.72 Å². The van der Waals surface area contributed by atoms with E-state index in [0.29, 0.717) is 0 Å². The molecule has 1 aromatic heterocycles. The fourth-order valence-electron chi connectivity index (χ4n) is 1.79. The molecule has 2 rings (SSSR count). The monoisotopic (exact) mass is 299 g/mol. The van der Waals surface area contributed by atoms with Crippen molar-refractivity contribution >= 4 is 15.7 Å². The van der Waals surface area contributed by atoms with Gasteiger partial charge in [0, 0.05) is 6.07 Å². The molecule has 0 atom stereocenters. The molecule has 0 aliphatic heterocycles. The molecule has 5 nitrogen and oxygen atoms in total. The molecule has 7 heteroatoms. The van der Waals surface area contributed by atoms with Crippen LogP contribution < -0.4 is 4.72 Å². The lowest BCUT2D eigenvalue weighted by molar-refractivity contribution is 0.245. The van der Waals surface area contributed by atoms with Crippen molar-refractivity contribution in [2.24, 2.45) is 0 Å². The van der Waals surface area contributed by atoms with Crippen molar-refractivity contribution in [3.05, 3.63) is 47.2 Å². The average molecular weight is 299 g/mol. The number of benzene rings is 1. The molecule has 0 saturated carbocycles. The van der Waals surface area contributed by atoms with Gasteiger partial charge >= 0.3 is 0 Å². The summed E-state index contributed by atoms with van der Waals surface area (Å²) >= 11 is 0. The number of aliphatic hydroxyl groups excluding tert-OH is 1. The number of hydrogen-bond donors (Lipinski definition) is 2. The van der Waals surface area contributed by atoms with Crippen molar-refractivity contribution in [2.75, 3.05) is 4.72 Å². The Kier molecular flexibility index (Phi) is 3.82. The van der Waals surface area contributed by atoms with Crippen LogP contribution in [-0.4, -0.2) is 13.5 Å². The van der Waals surface area contributed by atoms with Gasteiger partial charge in [-0.25, -0.2) is 12.8 Å². The molecule has 20 heavy (non-hydrogen) atoms. The lowest BCUT2D eigenvalue weighted by Gasteiger charge is -2.08. The summed E-state index contributed by atoms with van der Waals surface area (Å²) in [6, 6.07) is 5.34. The molecule has 0 aliphatic carbocycles. The van der Waals surface area contributed by atoms with Gasteiger partial charge in [-0.15, -0.1) is 0 Å². The van der Waals surface area contributed by atoms with Crippen LogP contribution in [0.2, 0.25) is 0 Å². The number of nitrogens with one attached hydrogen (secondary N) is 1. The third-order valence-electron chi connectivity index (χ3n) is 2.73. The first-order valence-electron chi connectivity index (χ1n) is 5.82. The number of furan rings is 1. The van der Waals surface area contributed by atoms with Crippen LogP contribution >= 0.6 is 0 Å². The highest BCUT2D eigenvalue weighted by molar-refractivity contribution is 7.92. The Morgan fingerprint density at radius 2 is 2.00 bits per heavy atom. The molecule has 0 spiro atoms. The average Bonchev–Trinajstić information content (AvgIpc) is 2.76. The minimum atomic E-state index is -3.97. The molecular formula is C13H14FNO4S. The van der Waals surface area contributed by atoms with Crippen molar-refractivity contribution in [1.29, 1.82) is 0 Å². The van der Waals surface area contributed by atoms with Crippen LogP contribution in [0.25, 0.3) is 0 Å². The van der Waals surface area contributed by atoms with Gasteiger partial charge in [-0.05, 0) is 31.5 Å². The van der Waals surface area contributed by atoms with E-state index in [4.69, 9.17) is 9.52 Å². The molecule has 0 radical (unpaired) electrons. The maximum Gasteiger partial charge on any atom is 0.265 e. The first-order chi connectivity index (χ1) is 9.33. The summed E-state index contributed by atoms with van der Waals surface area (Å²) in [6.07, 6.45) is 0. The van der Waals surface area contributed by atoms with E-state index < -0.39 is 22.4 Å². The highest BCUT2D eigenvalue weighted by Gasteiger charge is 2.22. The predicted octanol–water partition coefficient (Wildman–Crippen LogP) is 2.33. The summed E-state index contributed by atoms with van der Waals surface area (Å²) in [5.74, 6) is -0.398. The molecule has 1 aromatic carbocycles. The van der Waals surface area contributed by atoms with Crippen LogP contribution in [0.15, 0.2) is 33.6 Å². The maximum atomic E-state index is 13.6. The Balaban J connectivity index is 2.40. The van der Waals surface area contributed by atoms with Gasteiger partial charge in [0.05, 0.1) is 5.69 Å². The molecule has 0 saturated heterocycles. The Morgan fingerprint density at radius 1 is 1.30 bits per heavy atom. The first-order valence-corrected chi connectivity index (χ1v) is 7.31. The summed E-state index contributed by atoms with van der Waals surface area (Å²) in [5, 5.41) is 8.94. The zero-order chi connectivity index (χ0) is 14.9. The van der Waals surface area contributed by atoms with E-state index >= 15 is 0 Å². The van der Waals surface area contributed by atoms with Crippen LogP contribution in [0.3, 0.4) is 0 Å². The Morgan fingerprint density at radius 3 is 2.60 bits per heavy atom. The standard InChI is InChI=1S/C13H14FNO4S/c1-8-3-4-11(14)12(5-8)15-20(17,18)13-6-10(7-16)19-9(13)2/h3-6,15-16H,7H2,1-2H3. The van der Waals surface area contributed by atoms with Gasteiger partial charge in [0.15, 0.2) is 0 Å². The summed E-state index contributed by atoms with van der Waals surface area (Å²) in [6.45, 7) is 2.78. The molecule has 2 aromatic rings. The summed E-state index contributed by atoms with van der Waals surface area (Å²) < 4.78 is 45.2. The SMILES string of the molecule is Cc1ccc(F)c(NS(=O)(=O)c2cc(CO)oc2C)c1. The molecule has 0 aliphatic rings. The minimum absolute atomic E-state index is 0.123. The number of halogens is 1. The van der Waals surface area contributed by atoms with Crippen LogP contribution in [0, 0.1) is 19.7 Å².